The van der Waals surface area contributed by atoms with Crippen LogP contribution < -0.4 is 5.32 Å². The van der Waals surface area contributed by atoms with E-state index >= 15 is 0 Å². The van der Waals surface area contributed by atoms with Crippen molar-refractivity contribution in [1.82, 2.24) is 5.32 Å². The fourth-order valence-electron chi connectivity index (χ4n) is 2.80. The minimum atomic E-state index is -4.25. The molecule has 0 radical (unpaired) electrons. The van der Waals surface area contributed by atoms with Gasteiger partial charge in [-0.2, -0.15) is 13.2 Å². The zero-order chi connectivity index (χ0) is 14.8. The summed E-state index contributed by atoms with van der Waals surface area (Å²) in [5.41, 5.74) is 0.403. The van der Waals surface area contributed by atoms with Gasteiger partial charge in [0.25, 0.3) is 0 Å². The van der Waals surface area contributed by atoms with E-state index in [4.69, 9.17) is 0 Å². The van der Waals surface area contributed by atoms with Crippen molar-refractivity contribution in [2.45, 2.75) is 51.7 Å². The Bertz CT molecular complexity index is 447. The van der Waals surface area contributed by atoms with Crippen molar-refractivity contribution in [3.63, 3.8) is 0 Å². The van der Waals surface area contributed by atoms with Gasteiger partial charge in [-0.25, -0.2) is 0 Å². The molecule has 0 spiro atoms. The summed E-state index contributed by atoms with van der Waals surface area (Å²) in [6.07, 6.45) is -0.139. The van der Waals surface area contributed by atoms with Crippen LogP contribution in [0.3, 0.4) is 0 Å². The highest BCUT2D eigenvalue weighted by Crippen LogP contribution is 2.43. The molecule has 0 saturated heterocycles. The number of hydrogen-bond acceptors (Lipinski definition) is 1. The molecule has 1 aliphatic rings. The fourth-order valence-corrected chi connectivity index (χ4v) is 2.80. The summed E-state index contributed by atoms with van der Waals surface area (Å²) < 4.78 is 38.2. The van der Waals surface area contributed by atoms with Gasteiger partial charge in [0, 0.05) is 12.6 Å². The molecule has 0 amide bonds. The van der Waals surface area contributed by atoms with Crippen LogP contribution in [0.15, 0.2) is 24.3 Å². The lowest BCUT2D eigenvalue weighted by molar-refractivity contribution is -0.137. The smallest absolute Gasteiger partial charge is 0.314 e. The first-order chi connectivity index (χ1) is 9.31. The third kappa shape index (κ3) is 3.75. The van der Waals surface area contributed by atoms with Crippen LogP contribution in [0.2, 0.25) is 0 Å². The molecule has 20 heavy (non-hydrogen) atoms. The lowest BCUT2D eigenvalue weighted by Gasteiger charge is -2.43. The summed E-state index contributed by atoms with van der Waals surface area (Å²) in [7, 11) is 0. The quantitative estimate of drug-likeness (QED) is 0.844. The maximum atomic E-state index is 12.7. The maximum absolute atomic E-state index is 12.7. The number of rotatable bonds is 5. The van der Waals surface area contributed by atoms with Crippen molar-refractivity contribution < 1.29 is 13.2 Å². The minimum absolute atomic E-state index is 0.147. The molecule has 1 aromatic carbocycles. The van der Waals surface area contributed by atoms with E-state index < -0.39 is 11.7 Å². The molecule has 2 rings (SSSR count). The molecular weight excluding hydrogens is 263 g/mol. The van der Waals surface area contributed by atoms with Gasteiger partial charge in [0.2, 0.25) is 0 Å². The van der Waals surface area contributed by atoms with E-state index in [0.717, 1.165) is 37.4 Å². The second-order valence-corrected chi connectivity index (χ2v) is 6.26. The summed E-state index contributed by atoms with van der Waals surface area (Å²) in [6, 6.07) is 6.18. The van der Waals surface area contributed by atoms with Crippen LogP contribution >= 0.6 is 0 Å². The van der Waals surface area contributed by atoms with Crippen molar-refractivity contribution in [2.75, 3.05) is 6.54 Å². The van der Waals surface area contributed by atoms with Gasteiger partial charge in [-0.1, -0.05) is 38.5 Å². The Labute approximate surface area is 118 Å². The number of hydrogen-bond donors (Lipinski definition) is 1. The second-order valence-electron chi connectivity index (χ2n) is 6.26. The van der Waals surface area contributed by atoms with E-state index in [0.29, 0.717) is 6.04 Å². The third-order valence-electron chi connectivity index (χ3n) is 4.13. The predicted molar refractivity (Wildman–Crippen MR) is 74.6 cm³/mol. The van der Waals surface area contributed by atoms with E-state index in [1.54, 1.807) is 0 Å². The van der Waals surface area contributed by atoms with Gasteiger partial charge in [-0.3, -0.25) is 0 Å². The third-order valence-corrected chi connectivity index (χ3v) is 4.13. The Morgan fingerprint density at radius 2 is 1.95 bits per heavy atom. The van der Waals surface area contributed by atoms with Gasteiger partial charge in [0.15, 0.2) is 0 Å². The number of benzene rings is 1. The zero-order valence-electron chi connectivity index (χ0n) is 12.1. The SMILES string of the molecule is CC(C)NCC1(Cc2cccc(C(F)(F)F)c2)CCC1. The summed E-state index contributed by atoms with van der Waals surface area (Å²) in [6.45, 7) is 5.08. The van der Waals surface area contributed by atoms with Crippen molar-refractivity contribution in [2.24, 2.45) is 5.41 Å². The number of alkyl halides is 3. The average molecular weight is 285 g/mol. The normalized spacial score (nSPS) is 18.1. The molecule has 0 bridgehead atoms. The Morgan fingerprint density at radius 3 is 2.45 bits per heavy atom. The lowest BCUT2D eigenvalue weighted by atomic mass is 9.65. The molecule has 1 aromatic rings. The Morgan fingerprint density at radius 1 is 1.25 bits per heavy atom. The fraction of sp³-hybridized carbons (Fsp3) is 0.625. The molecule has 0 unspecified atom stereocenters. The number of halogens is 3. The van der Waals surface area contributed by atoms with Crippen molar-refractivity contribution in [1.29, 1.82) is 0 Å². The molecule has 4 heteroatoms. The molecule has 0 heterocycles. The van der Waals surface area contributed by atoms with Crippen LogP contribution in [-0.2, 0) is 12.6 Å². The lowest BCUT2D eigenvalue weighted by Crippen LogP contribution is -2.43. The topological polar surface area (TPSA) is 12.0 Å². The predicted octanol–water partition coefficient (Wildman–Crippen LogP) is 4.42. The van der Waals surface area contributed by atoms with E-state index in [-0.39, 0.29) is 5.41 Å². The van der Waals surface area contributed by atoms with E-state index in [1.165, 1.54) is 18.6 Å². The van der Waals surface area contributed by atoms with Gasteiger partial charge >= 0.3 is 6.18 Å². The highest BCUT2D eigenvalue weighted by Gasteiger charge is 2.37. The monoisotopic (exact) mass is 285 g/mol. The highest BCUT2D eigenvalue weighted by atomic mass is 19.4. The minimum Gasteiger partial charge on any atom is -0.314 e. The van der Waals surface area contributed by atoms with Crippen LogP contribution in [0.4, 0.5) is 13.2 Å². The molecule has 0 aromatic heterocycles. The van der Waals surface area contributed by atoms with Gasteiger partial charge in [-0.05, 0) is 36.3 Å². The van der Waals surface area contributed by atoms with Crippen molar-refractivity contribution in [3.8, 4) is 0 Å². The molecule has 0 atom stereocenters. The van der Waals surface area contributed by atoms with E-state index in [9.17, 15) is 13.2 Å². The molecular formula is C16H22F3N. The standard InChI is InChI=1S/C16H22F3N/c1-12(2)20-11-15(7-4-8-15)10-13-5-3-6-14(9-13)16(17,18)19/h3,5-6,9,12,20H,4,7-8,10-11H2,1-2H3. The highest BCUT2D eigenvalue weighted by molar-refractivity contribution is 5.27. The Hall–Kier alpha value is -1.03. The summed E-state index contributed by atoms with van der Waals surface area (Å²) in [5.74, 6) is 0. The van der Waals surface area contributed by atoms with Crippen LogP contribution in [0.1, 0.15) is 44.2 Å². The maximum Gasteiger partial charge on any atom is 0.416 e. The summed E-state index contributed by atoms with van der Waals surface area (Å²) in [5, 5.41) is 3.43. The van der Waals surface area contributed by atoms with Crippen LogP contribution in [0.5, 0.6) is 0 Å². The van der Waals surface area contributed by atoms with Gasteiger partial charge < -0.3 is 5.32 Å². The zero-order valence-corrected chi connectivity index (χ0v) is 12.1. The second kappa shape index (κ2) is 5.76. The molecule has 1 fully saturated rings. The molecule has 1 N–H and O–H groups in total. The Kier molecular flexibility index (Phi) is 4.43. The first kappa shape index (κ1) is 15.4. The van der Waals surface area contributed by atoms with Crippen LogP contribution in [0, 0.1) is 5.41 Å². The Balaban J connectivity index is 2.08. The van der Waals surface area contributed by atoms with E-state index in [2.05, 4.69) is 19.2 Å². The van der Waals surface area contributed by atoms with Gasteiger partial charge in [0.1, 0.15) is 0 Å². The molecule has 1 saturated carbocycles. The van der Waals surface area contributed by atoms with Crippen molar-refractivity contribution in [3.05, 3.63) is 35.4 Å². The van der Waals surface area contributed by atoms with Crippen LogP contribution in [0.25, 0.3) is 0 Å². The average Bonchev–Trinajstić information content (AvgIpc) is 2.31. The first-order valence-electron chi connectivity index (χ1n) is 7.20. The molecule has 1 nitrogen and oxygen atoms in total. The summed E-state index contributed by atoms with van der Waals surface area (Å²) in [4.78, 5) is 0. The largest absolute Gasteiger partial charge is 0.416 e. The van der Waals surface area contributed by atoms with Crippen LogP contribution in [-0.4, -0.2) is 12.6 Å². The molecule has 112 valence electrons. The first-order valence-corrected chi connectivity index (χ1v) is 7.20. The molecule has 1 aliphatic carbocycles. The number of nitrogens with one attached hydrogen (secondary N) is 1. The van der Waals surface area contributed by atoms with Gasteiger partial charge in [0.05, 0.1) is 5.56 Å². The van der Waals surface area contributed by atoms with Crippen molar-refractivity contribution >= 4 is 0 Å². The van der Waals surface area contributed by atoms with Gasteiger partial charge in [-0.15, -0.1) is 0 Å². The van der Waals surface area contributed by atoms with E-state index in [1.807, 2.05) is 6.07 Å². The summed E-state index contributed by atoms with van der Waals surface area (Å²) >= 11 is 0. The molecule has 0 aliphatic heterocycles.